The van der Waals surface area contributed by atoms with Crippen LogP contribution >= 0.6 is 22.7 Å². The number of rotatable bonds is 1. The minimum atomic E-state index is -4.30. The molecule has 0 bridgehead atoms. The van der Waals surface area contributed by atoms with Crippen LogP contribution in [-0.2, 0) is 6.18 Å². The second kappa shape index (κ2) is 3.49. The molecule has 2 N–H and O–H groups in total. The fraction of sp³-hybridized carbons (Fsp3) is 0.125. The molecule has 2 nitrogen and oxygen atoms in total. The Morgan fingerprint density at radius 2 is 1.93 bits per heavy atom. The first-order valence-corrected chi connectivity index (χ1v) is 5.60. The van der Waals surface area contributed by atoms with E-state index in [0.29, 0.717) is 15.7 Å². The number of thiazole rings is 1. The first-order valence-electron chi connectivity index (χ1n) is 3.84. The highest BCUT2D eigenvalue weighted by atomic mass is 32.1. The topological polar surface area (TPSA) is 38.9 Å². The van der Waals surface area contributed by atoms with E-state index in [4.69, 9.17) is 5.73 Å². The van der Waals surface area contributed by atoms with Crippen LogP contribution in [0.2, 0.25) is 0 Å². The molecule has 0 amide bonds. The Morgan fingerprint density at radius 1 is 1.20 bits per heavy atom. The molecule has 0 aromatic carbocycles. The van der Waals surface area contributed by atoms with Gasteiger partial charge in [0.2, 0.25) is 0 Å². The summed E-state index contributed by atoms with van der Waals surface area (Å²) in [4.78, 5) is 4.40. The fourth-order valence-corrected chi connectivity index (χ4v) is 2.53. The zero-order valence-corrected chi connectivity index (χ0v) is 8.84. The SMILES string of the molecule is Nc1nc(-c2cc(C(F)(F)F)cs2)cs1. The molecule has 2 aromatic rings. The second-order valence-corrected chi connectivity index (χ2v) is 4.57. The molecular formula is C8H5F3N2S2. The van der Waals surface area contributed by atoms with E-state index in [1.165, 1.54) is 11.3 Å². The largest absolute Gasteiger partial charge is 0.417 e. The summed E-state index contributed by atoms with van der Waals surface area (Å²) in [5.41, 5.74) is 5.25. The number of nitrogen functional groups attached to an aromatic ring is 1. The number of aromatic nitrogens is 1. The van der Waals surface area contributed by atoms with Gasteiger partial charge in [-0.15, -0.1) is 22.7 Å². The number of thiophene rings is 1. The van der Waals surface area contributed by atoms with Gasteiger partial charge in [-0.3, -0.25) is 0 Å². The Balaban J connectivity index is 2.36. The third-order valence-electron chi connectivity index (χ3n) is 1.70. The second-order valence-electron chi connectivity index (χ2n) is 2.77. The standard InChI is InChI=1S/C8H5F3N2S2/c9-8(10,11)4-1-6(14-2-4)5-3-15-7(12)13-5/h1-3H,(H2,12,13). The van der Waals surface area contributed by atoms with Crippen molar-refractivity contribution in [2.75, 3.05) is 5.73 Å². The van der Waals surface area contributed by atoms with E-state index < -0.39 is 11.7 Å². The van der Waals surface area contributed by atoms with E-state index in [9.17, 15) is 13.2 Å². The van der Waals surface area contributed by atoms with Crippen LogP contribution in [0.5, 0.6) is 0 Å². The summed E-state index contributed by atoms with van der Waals surface area (Å²) in [5, 5.41) is 3.07. The predicted molar refractivity (Wildman–Crippen MR) is 54.8 cm³/mol. The van der Waals surface area contributed by atoms with Gasteiger partial charge >= 0.3 is 6.18 Å². The fourth-order valence-electron chi connectivity index (χ4n) is 1.02. The van der Waals surface area contributed by atoms with Gasteiger partial charge in [-0.1, -0.05) is 0 Å². The highest BCUT2D eigenvalue weighted by molar-refractivity contribution is 7.15. The molecule has 7 heteroatoms. The lowest BCUT2D eigenvalue weighted by Gasteiger charge is -2.00. The van der Waals surface area contributed by atoms with Crippen LogP contribution in [0.1, 0.15) is 5.56 Å². The molecule has 15 heavy (non-hydrogen) atoms. The first-order chi connectivity index (χ1) is 6.97. The molecule has 0 aliphatic rings. The van der Waals surface area contributed by atoms with Crippen molar-refractivity contribution in [3.05, 3.63) is 22.4 Å². The Labute approximate surface area is 91.2 Å². The van der Waals surface area contributed by atoms with Gasteiger partial charge in [-0.2, -0.15) is 13.2 Å². The van der Waals surface area contributed by atoms with Crippen molar-refractivity contribution in [2.45, 2.75) is 6.18 Å². The molecular weight excluding hydrogens is 245 g/mol. The Kier molecular flexibility index (Phi) is 2.43. The van der Waals surface area contributed by atoms with Crippen molar-refractivity contribution in [3.8, 4) is 10.6 Å². The average Bonchev–Trinajstić information content (AvgIpc) is 2.69. The van der Waals surface area contributed by atoms with Gasteiger partial charge in [0.25, 0.3) is 0 Å². The normalized spacial score (nSPS) is 11.9. The van der Waals surface area contributed by atoms with Crippen molar-refractivity contribution in [2.24, 2.45) is 0 Å². The van der Waals surface area contributed by atoms with Crippen molar-refractivity contribution in [1.82, 2.24) is 4.98 Å². The molecule has 0 radical (unpaired) electrons. The van der Waals surface area contributed by atoms with Crippen molar-refractivity contribution in [1.29, 1.82) is 0 Å². The summed E-state index contributed by atoms with van der Waals surface area (Å²) < 4.78 is 36.9. The minimum Gasteiger partial charge on any atom is -0.375 e. The zero-order valence-electron chi connectivity index (χ0n) is 7.21. The molecule has 0 atom stereocenters. The monoisotopic (exact) mass is 250 g/mol. The lowest BCUT2D eigenvalue weighted by Crippen LogP contribution is -2.01. The summed E-state index contributed by atoms with van der Waals surface area (Å²) in [6.45, 7) is 0. The van der Waals surface area contributed by atoms with Crippen molar-refractivity contribution < 1.29 is 13.2 Å². The van der Waals surface area contributed by atoms with Gasteiger partial charge in [0, 0.05) is 10.8 Å². The third-order valence-corrected chi connectivity index (χ3v) is 3.33. The highest BCUT2D eigenvalue weighted by Gasteiger charge is 2.31. The molecule has 0 saturated heterocycles. The quantitative estimate of drug-likeness (QED) is 0.841. The summed E-state index contributed by atoms with van der Waals surface area (Å²) >= 11 is 2.22. The van der Waals surface area contributed by atoms with Gasteiger partial charge in [0.05, 0.1) is 16.1 Å². The number of halogens is 3. The lowest BCUT2D eigenvalue weighted by molar-refractivity contribution is -0.137. The summed E-state index contributed by atoms with van der Waals surface area (Å²) in [5.74, 6) is 0. The van der Waals surface area contributed by atoms with Gasteiger partial charge in [0.1, 0.15) is 0 Å². The van der Waals surface area contributed by atoms with Crippen molar-refractivity contribution >= 4 is 27.8 Å². The summed E-state index contributed by atoms with van der Waals surface area (Å²) in [6, 6.07) is 1.08. The minimum absolute atomic E-state index is 0.354. The highest BCUT2D eigenvalue weighted by Crippen LogP contribution is 2.36. The molecule has 0 fully saturated rings. The van der Waals surface area contributed by atoms with E-state index in [0.717, 1.165) is 22.8 Å². The van der Waals surface area contributed by atoms with Gasteiger partial charge in [0.15, 0.2) is 5.13 Å². The van der Waals surface area contributed by atoms with E-state index >= 15 is 0 Å². The molecule has 0 aliphatic heterocycles. The molecule has 0 spiro atoms. The van der Waals surface area contributed by atoms with Crippen LogP contribution in [-0.4, -0.2) is 4.98 Å². The van der Waals surface area contributed by atoms with Crippen molar-refractivity contribution in [3.63, 3.8) is 0 Å². The molecule has 0 saturated carbocycles. The maximum absolute atomic E-state index is 12.3. The number of hydrogen-bond acceptors (Lipinski definition) is 4. The lowest BCUT2D eigenvalue weighted by atomic mass is 10.3. The Hall–Kier alpha value is -1.08. The van der Waals surface area contributed by atoms with E-state index in [-0.39, 0.29) is 0 Å². The number of nitrogens with zero attached hydrogens (tertiary/aromatic N) is 1. The Bertz CT molecular complexity index is 472. The molecule has 2 aromatic heterocycles. The van der Waals surface area contributed by atoms with Crippen LogP contribution in [0.4, 0.5) is 18.3 Å². The Morgan fingerprint density at radius 3 is 2.40 bits per heavy atom. The molecule has 2 rings (SSSR count). The van der Waals surface area contributed by atoms with Gasteiger partial charge < -0.3 is 5.73 Å². The number of nitrogens with two attached hydrogens (primary N) is 1. The van der Waals surface area contributed by atoms with Gasteiger partial charge in [-0.05, 0) is 6.07 Å². The smallest absolute Gasteiger partial charge is 0.375 e. The van der Waals surface area contributed by atoms with Crippen LogP contribution in [0, 0.1) is 0 Å². The van der Waals surface area contributed by atoms with Crippen LogP contribution in [0.25, 0.3) is 10.6 Å². The van der Waals surface area contributed by atoms with E-state index in [1.807, 2.05) is 0 Å². The first kappa shape index (κ1) is 10.4. The third kappa shape index (κ3) is 2.13. The molecule has 80 valence electrons. The van der Waals surface area contributed by atoms with Crippen LogP contribution in [0.3, 0.4) is 0 Å². The number of hydrogen-bond donors (Lipinski definition) is 1. The average molecular weight is 250 g/mol. The zero-order chi connectivity index (χ0) is 11.1. The maximum atomic E-state index is 12.3. The summed E-state index contributed by atoms with van der Waals surface area (Å²) in [6.07, 6.45) is -4.30. The predicted octanol–water partition coefficient (Wildman–Crippen LogP) is 3.47. The van der Waals surface area contributed by atoms with Gasteiger partial charge in [-0.25, -0.2) is 4.98 Å². The van der Waals surface area contributed by atoms with Crippen LogP contribution < -0.4 is 5.73 Å². The van der Waals surface area contributed by atoms with E-state index in [2.05, 4.69) is 4.98 Å². The molecule has 0 aliphatic carbocycles. The number of alkyl halides is 3. The maximum Gasteiger partial charge on any atom is 0.417 e. The molecule has 0 unspecified atom stereocenters. The van der Waals surface area contributed by atoms with E-state index in [1.54, 1.807) is 5.38 Å². The van der Waals surface area contributed by atoms with Crippen LogP contribution in [0.15, 0.2) is 16.8 Å². The molecule has 2 heterocycles. The number of anilines is 1. The summed E-state index contributed by atoms with van der Waals surface area (Å²) in [7, 11) is 0.